The average Bonchev–Trinajstić information content (AvgIpc) is 3.12. The number of hydrogen-bond donors (Lipinski definition) is 0. The third kappa shape index (κ3) is 1.63. The number of carbonyl (C=O) groups is 3. The van der Waals surface area contributed by atoms with E-state index in [2.05, 4.69) is 13.8 Å². The van der Waals surface area contributed by atoms with Crippen molar-refractivity contribution in [2.24, 2.45) is 39.9 Å². The van der Waals surface area contributed by atoms with Crippen LogP contribution in [0, 0.1) is 39.9 Å². The number of ketones is 2. The first-order valence-electron chi connectivity index (χ1n) is 10.0. The topological polar surface area (TPSA) is 60.4 Å². The van der Waals surface area contributed by atoms with Gasteiger partial charge in [-0.2, -0.15) is 0 Å². The molecule has 5 saturated carbocycles. The third-order valence-electron chi connectivity index (χ3n) is 9.34. The predicted molar refractivity (Wildman–Crippen MR) is 90.5 cm³/mol. The van der Waals surface area contributed by atoms with Gasteiger partial charge in [-0.05, 0) is 61.7 Å². The van der Waals surface area contributed by atoms with Crippen LogP contribution in [0.3, 0.4) is 0 Å². The molecule has 0 aromatic carbocycles. The van der Waals surface area contributed by atoms with E-state index in [1.165, 1.54) is 6.92 Å². The number of fused-ring (bicyclic) bond motifs is 4. The van der Waals surface area contributed by atoms with Crippen LogP contribution in [-0.4, -0.2) is 23.6 Å². The van der Waals surface area contributed by atoms with Crippen LogP contribution in [0.4, 0.5) is 0 Å². The molecule has 0 radical (unpaired) electrons. The summed E-state index contributed by atoms with van der Waals surface area (Å²) in [5.74, 6) is 1.33. The number of rotatable bonds is 1. The van der Waals surface area contributed by atoms with E-state index in [-0.39, 0.29) is 39.8 Å². The first-order chi connectivity index (χ1) is 11.8. The minimum absolute atomic E-state index is 0.0385. The summed E-state index contributed by atoms with van der Waals surface area (Å²) in [6, 6.07) is 0. The molecular formula is C21H28O4. The van der Waals surface area contributed by atoms with Crippen molar-refractivity contribution in [1.82, 2.24) is 0 Å². The van der Waals surface area contributed by atoms with Crippen LogP contribution in [0.15, 0.2) is 0 Å². The number of ether oxygens (including phenoxy) is 1. The van der Waals surface area contributed by atoms with Gasteiger partial charge in [-0.1, -0.05) is 13.8 Å². The largest absolute Gasteiger partial charge is 0.454 e. The minimum atomic E-state index is -0.616. The summed E-state index contributed by atoms with van der Waals surface area (Å²) in [5.41, 5.74) is -0.504. The van der Waals surface area contributed by atoms with Gasteiger partial charge in [-0.3, -0.25) is 14.4 Å². The molecule has 0 bridgehead atoms. The van der Waals surface area contributed by atoms with E-state index in [0.717, 1.165) is 38.5 Å². The number of Topliss-reactive ketones (excluding diaryl/α,β-unsaturated/α-hetero) is 2. The lowest BCUT2D eigenvalue weighted by Crippen LogP contribution is -2.62. The van der Waals surface area contributed by atoms with Gasteiger partial charge in [0.1, 0.15) is 5.78 Å². The zero-order valence-corrected chi connectivity index (χ0v) is 15.5. The predicted octanol–water partition coefficient (Wildman–Crippen LogP) is 3.32. The second kappa shape index (κ2) is 4.55. The second-order valence-electron chi connectivity index (χ2n) is 9.93. The Morgan fingerprint density at radius 3 is 2.52 bits per heavy atom. The maximum absolute atomic E-state index is 13.6. The summed E-state index contributed by atoms with van der Waals surface area (Å²) in [5, 5.41) is 0. The highest BCUT2D eigenvalue weighted by Crippen LogP contribution is 2.80. The summed E-state index contributed by atoms with van der Waals surface area (Å²) >= 11 is 0. The molecule has 0 aliphatic heterocycles. The first kappa shape index (κ1) is 16.0. The molecule has 5 fully saturated rings. The molecule has 25 heavy (non-hydrogen) atoms. The molecule has 5 aliphatic rings. The van der Waals surface area contributed by atoms with Gasteiger partial charge in [-0.25, -0.2) is 0 Å². The van der Waals surface area contributed by atoms with E-state index in [4.69, 9.17) is 4.74 Å². The van der Waals surface area contributed by atoms with E-state index >= 15 is 0 Å². The molecule has 1 spiro atoms. The van der Waals surface area contributed by atoms with Crippen molar-refractivity contribution < 1.29 is 19.1 Å². The van der Waals surface area contributed by atoms with E-state index in [0.29, 0.717) is 24.0 Å². The van der Waals surface area contributed by atoms with Gasteiger partial charge >= 0.3 is 5.97 Å². The summed E-state index contributed by atoms with van der Waals surface area (Å²) in [4.78, 5) is 38.0. The Morgan fingerprint density at radius 2 is 1.84 bits per heavy atom. The highest BCUT2D eigenvalue weighted by molar-refractivity contribution is 5.96. The summed E-state index contributed by atoms with van der Waals surface area (Å²) in [6.07, 6.45) is 6.05. The lowest BCUT2D eigenvalue weighted by molar-refractivity contribution is -0.189. The SMILES string of the molecule is CC(=O)OC1C(=O)C23CC2CCC3(C)C2CCC3(C)C(=O)CCC3C12. The molecule has 4 nitrogen and oxygen atoms in total. The van der Waals surface area contributed by atoms with Gasteiger partial charge in [0.25, 0.3) is 0 Å². The molecule has 8 atom stereocenters. The Hall–Kier alpha value is -1.19. The van der Waals surface area contributed by atoms with Crippen LogP contribution in [0.1, 0.15) is 65.7 Å². The van der Waals surface area contributed by atoms with Crippen molar-refractivity contribution in [3.63, 3.8) is 0 Å². The Kier molecular flexibility index (Phi) is 2.92. The summed E-state index contributed by atoms with van der Waals surface area (Å²) in [7, 11) is 0. The number of esters is 1. The van der Waals surface area contributed by atoms with Gasteiger partial charge in [0.15, 0.2) is 11.9 Å². The zero-order valence-electron chi connectivity index (χ0n) is 15.5. The maximum Gasteiger partial charge on any atom is 0.303 e. The van der Waals surface area contributed by atoms with Crippen molar-refractivity contribution in [2.45, 2.75) is 71.8 Å². The van der Waals surface area contributed by atoms with Crippen LogP contribution in [0.25, 0.3) is 0 Å². The van der Waals surface area contributed by atoms with Gasteiger partial charge < -0.3 is 4.74 Å². The lowest BCUT2D eigenvalue weighted by Gasteiger charge is -2.58. The highest BCUT2D eigenvalue weighted by Gasteiger charge is 2.80. The normalized spacial score (nSPS) is 55.9. The monoisotopic (exact) mass is 344 g/mol. The molecule has 0 N–H and O–H groups in total. The van der Waals surface area contributed by atoms with E-state index in [1.807, 2.05) is 0 Å². The van der Waals surface area contributed by atoms with Gasteiger partial charge in [0.2, 0.25) is 0 Å². The van der Waals surface area contributed by atoms with E-state index in [1.54, 1.807) is 0 Å². The number of hydrogen-bond acceptors (Lipinski definition) is 4. The first-order valence-corrected chi connectivity index (χ1v) is 10.0. The van der Waals surface area contributed by atoms with Gasteiger partial charge in [0.05, 0.1) is 0 Å². The Morgan fingerprint density at radius 1 is 1.08 bits per heavy atom. The second-order valence-corrected chi connectivity index (χ2v) is 9.93. The maximum atomic E-state index is 13.6. The molecule has 0 amide bonds. The zero-order chi connectivity index (χ0) is 17.8. The van der Waals surface area contributed by atoms with Crippen LogP contribution in [0.5, 0.6) is 0 Å². The third-order valence-corrected chi connectivity index (χ3v) is 9.34. The van der Waals surface area contributed by atoms with E-state index < -0.39 is 6.10 Å². The van der Waals surface area contributed by atoms with Crippen LogP contribution < -0.4 is 0 Å². The fraction of sp³-hybridized carbons (Fsp3) is 0.857. The minimum Gasteiger partial charge on any atom is -0.454 e. The Bertz CT molecular complexity index is 698. The highest BCUT2D eigenvalue weighted by atomic mass is 16.5. The Balaban J connectivity index is 1.63. The van der Waals surface area contributed by atoms with Crippen LogP contribution >= 0.6 is 0 Å². The van der Waals surface area contributed by atoms with E-state index in [9.17, 15) is 14.4 Å². The quantitative estimate of drug-likeness (QED) is 0.685. The molecule has 8 unspecified atom stereocenters. The lowest BCUT2D eigenvalue weighted by atomic mass is 9.45. The van der Waals surface area contributed by atoms with Crippen molar-refractivity contribution >= 4 is 17.5 Å². The molecule has 5 aliphatic carbocycles. The fourth-order valence-corrected chi connectivity index (χ4v) is 8.05. The fourth-order valence-electron chi connectivity index (χ4n) is 8.05. The van der Waals surface area contributed by atoms with Crippen molar-refractivity contribution in [3.8, 4) is 0 Å². The molecule has 5 rings (SSSR count). The average molecular weight is 344 g/mol. The molecular weight excluding hydrogens is 316 g/mol. The number of carbonyl (C=O) groups excluding carboxylic acids is 3. The van der Waals surface area contributed by atoms with Crippen LogP contribution in [0.2, 0.25) is 0 Å². The molecule has 0 saturated heterocycles. The van der Waals surface area contributed by atoms with Crippen molar-refractivity contribution in [3.05, 3.63) is 0 Å². The molecule has 0 aromatic heterocycles. The Labute approximate surface area is 149 Å². The van der Waals surface area contributed by atoms with Gasteiger partial charge in [-0.15, -0.1) is 0 Å². The standard InChI is InChI=1S/C21H28O4/c1-11(22)25-17-16-13-4-5-15(23)19(13,2)8-7-14(16)20(3)9-6-12-10-21(12,20)18(17)24/h12-14,16-17H,4-10H2,1-3H3. The summed E-state index contributed by atoms with van der Waals surface area (Å²) in [6.45, 7) is 5.84. The van der Waals surface area contributed by atoms with Crippen molar-refractivity contribution in [1.29, 1.82) is 0 Å². The molecule has 136 valence electrons. The molecule has 0 heterocycles. The molecule has 0 aromatic rings. The smallest absolute Gasteiger partial charge is 0.303 e. The molecule has 4 heteroatoms. The summed E-state index contributed by atoms with van der Waals surface area (Å²) < 4.78 is 5.71. The van der Waals surface area contributed by atoms with Crippen LogP contribution in [-0.2, 0) is 19.1 Å². The van der Waals surface area contributed by atoms with Gasteiger partial charge in [0, 0.05) is 30.1 Å². The van der Waals surface area contributed by atoms with Crippen molar-refractivity contribution in [2.75, 3.05) is 0 Å².